The molecule has 0 spiro atoms. The molecule has 0 aliphatic heterocycles. The first-order chi connectivity index (χ1) is 6.93. The van der Waals surface area contributed by atoms with Crippen molar-refractivity contribution in [1.29, 1.82) is 0 Å². The highest BCUT2D eigenvalue weighted by atomic mass is 16.5. The minimum absolute atomic E-state index is 0.572. The average Bonchev–Trinajstić information content (AvgIpc) is 2.69. The van der Waals surface area contributed by atoms with Crippen molar-refractivity contribution in [3.8, 4) is 0 Å². The summed E-state index contributed by atoms with van der Waals surface area (Å²) < 4.78 is 10.5. The molecule has 0 amide bonds. The van der Waals surface area contributed by atoms with E-state index in [1.807, 2.05) is 12.1 Å². The third kappa shape index (κ3) is 5.04. The molecule has 1 N–H and O–H groups in total. The molecule has 0 bridgehead atoms. The van der Waals surface area contributed by atoms with Crippen molar-refractivity contribution in [2.45, 2.75) is 26.4 Å². The van der Waals surface area contributed by atoms with E-state index in [1.165, 1.54) is 12.8 Å². The topological polar surface area (TPSA) is 34.4 Å². The largest absolute Gasteiger partial charge is 0.467 e. The number of hydrogen-bond donors (Lipinski definition) is 1. The minimum Gasteiger partial charge on any atom is -0.467 e. The van der Waals surface area contributed by atoms with Gasteiger partial charge in [0.25, 0.3) is 0 Å². The molecule has 0 unspecified atom stereocenters. The Labute approximate surface area is 85.4 Å². The highest BCUT2D eigenvalue weighted by Crippen LogP contribution is 2.00. The van der Waals surface area contributed by atoms with Crippen LogP contribution >= 0.6 is 0 Å². The Bertz CT molecular complexity index is 209. The lowest BCUT2D eigenvalue weighted by atomic mass is 10.3. The van der Waals surface area contributed by atoms with Gasteiger partial charge in [0.05, 0.1) is 12.9 Å². The van der Waals surface area contributed by atoms with Crippen LogP contribution in [0.3, 0.4) is 0 Å². The summed E-state index contributed by atoms with van der Waals surface area (Å²) in [7, 11) is 0. The van der Waals surface area contributed by atoms with Crippen molar-refractivity contribution in [1.82, 2.24) is 5.32 Å². The highest BCUT2D eigenvalue weighted by molar-refractivity contribution is 4.95. The molecule has 1 rings (SSSR count). The van der Waals surface area contributed by atoms with E-state index in [1.54, 1.807) is 6.26 Å². The van der Waals surface area contributed by atoms with Gasteiger partial charge in [0.2, 0.25) is 0 Å². The van der Waals surface area contributed by atoms with Gasteiger partial charge in [0.15, 0.2) is 0 Å². The van der Waals surface area contributed by atoms with Gasteiger partial charge in [-0.15, -0.1) is 0 Å². The van der Waals surface area contributed by atoms with Crippen LogP contribution in [0.15, 0.2) is 22.8 Å². The Balaban J connectivity index is 1.85. The van der Waals surface area contributed by atoms with Gasteiger partial charge in [-0.2, -0.15) is 0 Å². The predicted octanol–water partition coefficient (Wildman–Crippen LogP) is 2.19. The standard InChI is InChI=1S/C11H19NO2/c1-2-3-6-12-7-9-13-10-11-5-4-8-14-11/h4-5,8,12H,2-3,6-7,9-10H2,1H3. The Kier molecular flexibility index (Phi) is 6.11. The van der Waals surface area contributed by atoms with Crippen LogP contribution in [0, 0.1) is 0 Å². The molecule has 3 heteroatoms. The number of unbranched alkanes of at least 4 members (excludes halogenated alkanes) is 1. The molecular weight excluding hydrogens is 178 g/mol. The monoisotopic (exact) mass is 197 g/mol. The van der Waals surface area contributed by atoms with Gasteiger partial charge < -0.3 is 14.5 Å². The lowest BCUT2D eigenvalue weighted by Gasteiger charge is -2.03. The van der Waals surface area contributed by atoms with E-state index < -0.39 is 0 Å². The van der Waals surface area contributed by atoms with Gasteiger partial charge >= 0.3 is 0 Å². The molecular formula is C11H19NO2. The minimum atomic E-state index is 0.572. The maximum atomic E-state index is 5.40. The number of hydrogen-bond acceptors (Lipinski definition) is 3. The summed E-state index contributed by atoms with van der Waals surface area (Å²) in [5.74, 6) is 0.888. The van der Waals surface area contributed by atoms with Gasteiger partial charge in [-0.3, -0.25) is 0 Å². The molecule has 0 aromatic carbocycles. The van der Waals surface area contributed by atoms with Crippen LogP contribution in [-0.4, -0.2) is 19.7 Å². The van der Waals surface area contributed by atoms with Crippen molar-refractivity contribution >= 4 is 0 Å². The third-order valence-electron chi connectivity index (χ3n) is 1.95. The first-order valence-corrected chi connectivity index (χ1v) is 5.24. The van der Waals surface area contributed by atoms with E-state index in [-0.39, 0.29) is 0 Å². The summed E-state index contributed by atoms with van der Waals surface area (Å²) in [5.41, 5.74) is 0. The predicted molar refractivity (Wildman–Crippen MR) is 56.1 cm³/mol. The smallest absolute Gasteiger partial charge is 0.129 e. The van der Waals surface area contributed by atoms with Gasteiger partial charge in [-0.1, -0.05) is 13.3 Å². The van der Waals surface area contributed by atoms with Crippen LogP contribution in [0.2, 0.25) is 0 Å². The van der Waals surface area contributed by atoms with Gasteiger partial charge in [0, 0.05) is 6.54 Å². The molecule has 0 atom stereocenters. The zero-order valence-corrected chi connectivity index (χ0v) is 8.79. The van der Waals surface area contributed by atoms with Crippen LogP contribution in [0.4, 0.5) is 0 Å². The Hall–Kier alpha value is -0.800. The second-order valence-electron chi connectivity index (χ2n) is 3.24. The van der Waals surface area contributed by atoms with Crippen LogP contribution in [0.5, 0.6) is 0 Å². The number of ether oxygens (including phenoxy) is 1. The molecule has 80 valence electrons. The summed E-state index contributed by atoms with van der Waals surface area (Å²) in [5, 5.41) is 3.31. The first kappa shape index (κ1) is 11.3. The number of furan rings is 1. The summed E-state index contributed by atoms with van der Waals surface area (Å²) in [6, 6.07) is 3.79. The molecule has 1 heterocycles. The highest BCUT2D eigenvalue weighted by Gasteiger charge is 1.94. The van der Waals surface area contributed by atoms with E-state index in [9.17, 15) is 0 Å². The molecule has 0 saturated carbocycles. The lowest BCUT2D eigenvalue weighted by Crippen LogP contribution is -2.20. The van der Waals surface area contributed by atoms with Crippen LogP contribution < -0.4 is 5.32 Å². The summed E-state index contributed by atoms with van der Waals surface area (Å²) in [6.45, 7) is 5.50. The third-order valence-corrected chi connectivity index (χ3v) is 1.95. The zero-order chi connectivity index (χ0) is 10.1. The van der Waals surface area contributed by atoms with Crippen molar-refractivity contribution in [3.63, 3.8) is 0 Å². The zero-order valence-electron chi connectivity index (χ0n) is 8.79. The average molecular weight is 197 g/mol. The van der Waals surface area contributed by atoms with Gasteiger partial charge in [-0.05, 0) is 25.1 Å². The molecule has 1 aromatic heterocycles. The second kappa shape index (κ2) is 7.59. The molecule has 3 nitrogen and oxygen atoms in total. The van der Waals surface area contributed by atoms with E-state index in [0.29, 0.717) is 6.61 Å². The molecule has 0 aliphatic rings. The van der Waals surface area contributed by atoms with Crippen LogP contribution in [0.25, 0.3) is 0 Å². The molecule has 14 heavy (non-hydrogen) atoms. The number of rotatable bonds is 8. The lowest BCUT2D eigenvalue weighted by molar-refractivity contribution is 0.108. The van der Waals surface area contributed by atoms with Crippen molar-refractivity contribution < 1.29 is 9.15 Å². The van der Waals surface area contributed by atoms with E-state index in [0.717, 1.165) is 25.5 Å². The summed E-state index contributed by atoms with van der Waals surface area (Å²) in [6.07, 6.45) is 4.14. The molecule has 1 aromatic rings. The van der Waals surface area contributed by atoms with Gasteiger partial charge in [0.1, 0.15) is 12.4 Å². The fraction of sp³-hybridized carbons (Fsp3) is 0.636. The fourth-order valence-corrected chi connectivity index (χ4v) is 1.14. The molecule has 0 fully saturated rings. The SMILES string of the molecule is CCCCNCCOCc1ccco1. The van der Waals surface area contributed by atoms with Crippen molar-refractivity contribution in [2.75, 3.05) is 19.7 Å². The Morgan fingerprint density at radius 3 is 3.07 bits per heavy atom. The summed E-state index contributed by atoms with van der Waals surface area (Å²) in [4.78, 5) is 0. The summed E-state index contributed by atoms with van der Waals surface area (Å²) >= 11 is 0. The van der Waals surface area contributed by atoms with Crippen LogP contribution in [-0.2, 0) is 11.3 Å². The molecule has 0 saturated heterocycles. The van der Waals surface area contributed by atoms with E-state index in [2.05, 4.69) is 12.2 Å². The van der Waals surface area contributed by atoms with Crippen LogP contribution in [0.1, 0.15) is 25.5 Å². The fourth-order valence-electron chi connectivity index (χ4n) is 1.14. The number of nitrogens with one attached hydrogen (secondary N) is 1. The second-order valence-corrected chi connectivity index (χ2v) is 3.24. The molecule has 0 aliphatic carbocycles. The van der Waals surface area contributed by atoms with E-state index in [4.69, 9.17) is 9.15 Å². The maximum Gasteiger partial charge on any atom is 0.129 e. The maximum absolute atomic E-state index is 5.40. The molecule has 0 radical (unpaired) electrons. The Morgan fingerprint density at radius 1 is 1.43 bits per heavy atom. The first-order valence-electron chi connectivity index (χ1n) is 5.24. The normalized spacial score (nSPS) is 10.6. The van der Waals surface area contributed by atoms with Gasteiger partial charge in [-0.25, -0.2) is 0 Å². The Morgan fingerprint density at radius 2 is 2.36 bits per heavy atom. The van der Waals surface area contributed by atoms with Crippen molar-refractivity contribution in [2.24, 2.45) is 0 Å². The quantitative estimate of drug-likeness (QED) is 0.649. The van der Waals surface area contributed by atoms with E-state index >= 15 is 0 Å². The van der Waals surface area contributed by atoms with Crippen molar-refractivity contribution in [3.05, 3.63) is 24.2 Å².